The molecule has 1 aliphatic carbocycles. The summed E-state index contributed by atoms with van der Waals surface area (Å²) in [6, 6.07) is 13.7. The molecule has 1 aliphatic rings. The van der Waals surface area contributed by atoms with Gasteiger partial charge in [-0.25, -0.2) is 4.21 Å². The number of benzene rings is 2. The fraction of sp³-hybridized carbons (Fsp3) is 0.333. The fourth-order valence-electron chi connectivity index (χ4n) is 3.26. The second-order valence-corrected chi connectivity index (χ2v) is 11.5. The van der Waals surface area contributed by atoms with E-state index >= 15 is 0 Å². The topological polar surface area (TPSA) is 63.6 Å². The van der Waals surface area contributed by atoms with E-state index in [2.05, 4.69) is 9.84 Å². The van der Waals surface area contributed by atoms with Crippen LogP contribution in [0.4, 0.5) is 0 Å². The molecule has 6 heteroatoms. The molecule has 144 valence electrons. The van der Waals surface area contributed by atoms with Crippen molar-refractivity contribution in [1.82, 2.24) is 0 Å². The fourth-order valence-corrected chi connectivity index (χ4v) is 7.94. The molecule has 0 aromatic heterocycles. The molecule has 2 aromatic carbocycles. The molecule has 0 bridgehead atoms. The molecule has 0 N–H and O–H groups in total. The lowest BCUT2D eigenvalue weighted by molar-refractivity contribution is 0.596. The van der Waals surface area contributed by atoms with Gasteiger partial charge in [0.1, 0.15) is 0 Å². The van der Waals surface area contributed by atoms with Crippen LogP contribution >= 0.6 is 0 Å². The Morgan fingerprint density at radius 3 is 1.85 bits per heavy atom. The molecule has 27 heavy (non-hydrogen) atoms. The van der Waals surface area contributed by atoms with Gasteiger partial charge in [-0.1, -0.05) is 47.0 Å². The first-order chi connectivity index (χ1) is 12.7. The van der Waals surface area contributed by atoms with Gasteiger partial charge >= 0.3 is 0 Å². The average molecular weight is 404 g/mol. The van der Waals surface area contributed by atoms with Crippen molar-refractivity contribution in [2.75, 3.05) is 0 Å². The van der Waals surface area contributed by atoms with Gasteiger partial charge in [0.2, 0.25) is 0 Å². The molecule has 4 nitrogen and oxygen atoms in total. The zero-order valence-electron chi connectivity index (χ0n) is 15.9. The molecule has 0 amide bonds. The average Bonchev–Trinajstić information content (AvgIpc) is 2.62. The van der Waals surface area contributed by atoms with Crippen LogP contribution in [0.3, 0.4) is 0 Å². The van der Waals surface area contributed by atoms with Gasteiger partial charge in [-0.15, -0.1) is 3.77 Å². The summed E-state index contributed by atoms with van der Waals surface area (Å²) >= 11 is 0. The van der Waals surface area contributed by atoms with Crippen LogP contribution in [0.5, 0.6) is 0 Å². The highest BCUT2D eigenvalue weighted by Gasteiger charge is 2.30. The standard InChI is InChI=1S/C21H25NO3S2/c1-16-7-11-19(12-8-16)26(23,21-6-4-5-18(3)15-21)22-27(24,25)20-13-9-17(2)10-14-20/h5,7-14,21H,4,6,15H2,1-3H3. The number of rotatable bonds is 4. The van der Waals surface area contributed by atoms with Crippen molar-refractivity contribution < 1.29 is 12.6 Å². The van der Waals surface area contributed by atoms with Gasteiger partial charge in [0.05, 0.1) is 19.9 Å². The highest BCUT2D eigenvalue weighted by Crippen LogP contribution is 2.32. The lowest BCUT2D eigenvalue weighted by atomic mass is 10.0. The maximum absolute atomic E-state index is 14.1. The van der Waals surface area contributed by atoms with E-state index in [1.165, 1.54) is 12.1 Å². The molecule has 0 fully saturated rings. The number of hydrogen-bond donors (Lipinski definition) is 0. The number of aryl methyl sites for hydroxylation is 2. The van der Waals surface area contributed by atoms with E-state index in [0.717, 1.165) is 23.1 Å². The first-order valence-electron chi connectivity index (χ1n) is 9.02. The van der Waals surface area contributed by atoms with Crippen LogP contribution in [0.2, 0.25) is 0 Å². The maximum atomic E-state index is 14.1. The van der Waals surface area contributed by atoms with Crippen LogP contribution in [0.1, 0.15) is 37.3 Å². The summed E-state index contributed by atoms with van der Waals surface area (Å²) in [6.45, 7) is 5.83. The van der Waals surface area contributed by atoms with Crippen molar-refractivity contribution in [3.8, 4) is 0 Å². The predicted molar refractivity (Wildman–Crippen MR) is 110 cm³/mol. The maximum Gasteiger partial charge on any atom is 0.290 e. The van der Waals surface area contributed by atoms with E-state index in [4.69, 9.17) is 0 Å². The molecule has 0 saturated heterocycles. The van der Waals surface area contributed by atoms with Crippen LogP contribution in [0.15, 0.2) is 73.7 Å². The van der Waals surface area contributed by atoms with Gasteiger partial charge in [-0.2, -0.15) is 8.42 Å². The summed E-state index contributed by atoms with van der Waals surface area (Å²) in [7, 11) is -7.17. The molecule has 2 unspecified atom stereocenters. The number of sulfonamides is 1. The van der Waals surface area contributed by atoms with Gasteiger partial charge in [0.25, 0.3) is 10.0 Å². The summed E-state index contributed by atoms with van der Waals surface area (Å²) in [5.41, 5.74) is 3.12. The SMILES string of the molecule is CC1=CCCC(S(=O)(=NS(=O)(=O)c2ccc(C)cc2)c2ccc(C)cc2)C1. The normalized spacial score (nSPS) is 19.8. The molecule has 2 aromatic rings. The monoisotopic (exact) mass is 403 g/mol. The van der Waals surface area contributed by atoms with Crippen molar-refractivity contribution in [2.45, 2.75) is 55.1 Å². The molecule has 0 saturated carbocycles. The van der Waals surface area contributed by atoms with Gasteiger partial charge in [-0.3, -0.25) is 0 Å². The number of nitrogens with zero attached hydrogens (tertiary/aromatic N) is 1. The Morgan fingerprint density at radius 1 is 0.815 bits per heavy atom. The molecule has 0 spiro atoms. The lowest BCUT2D eigenvalue weighted by Crippen LogP contribution is -2.25. The van der Waals surface area contributed by atoms with Crippen molar-refractivity contribution in [3.63, 3.8) is 0 Å². The molecule has 0 radical (unpaired) electrons. The van der Waals surface area contributed by atoms with Crippen molar-refractivity contribution in [1.29, 1.82) is 0 Å². The molecular formula is C21H25NO3S2. The molecule has 2 atom stereocenters. The highest BCUT2D eigenvalue weighted by molar-refractivity contribution is 8.03. The molecular weight excluding hydrogens is 378 g/mol. The van der Waals surface area contributed by atoms with Crippen LogP contribution in [0, 0.1) is 13.8 Å². The summed E-state index contributed by atoms with van der Waals surface area (Å²) < 4.78 is 44.1. The minimum absolute atomic E-state index is 0.0796. The third-order valence-corrected chi connectivity index (χ3v) is 9.66. The predicted octanol–water partition coefficient (Wildman–Crippen LogP) is 5.02. The third-order valence-electron chi connectivity index (χ3n) is 4.87. The van der Waals surface area contributed by atoms with Gasteiger partial charge in [0.15, 0.2) is 0 Å². The Balaban J connectivity index is 2.18. The molecule has 0 aliphatic heterocycles. The van der Waals surface area contributed by atoms with Crippen molar-refractivity contribution in [2.24, 2.45) is 3.77 Å². The smallest absolute Gasteiger partial charge is 0.243 e. The Kier molecular flexibility index (Phi) is 5.58. The zero-order valence-corrected chi connectivity index (χ0v) is 17.5. The first-order valence-corrected chi connectivity index (χ1v) is 12.0. The van der Waals surface area contributed by atoms with Crippen molar-refractivity contribution >= 4 is 19.8 Å². The quantitative estimate of drug-likeness (QED) is 0.674. The minimum Gasteiger partial charge on any atom is -0.243 e. The largest absolute Gasteiger partial charge is 0.290 e. The summed E-state index contributed by atoms with van der Waals surface area (Å²) in [5.74, 6) is 0. The van der Waals surface area contributed by atoms with E-state index in [0.29, 0.717) is 17.7 Å². The van der Waals surface area contributed by atoms with Gasteiger partial charge < -0.3 is 0 Å². The Morgan fingerprint density at radius 2 is 1.33 bits per heavy atom. The Hall–Kier alpha value is -1.92. The number of hydrogen-bond acceptors (Lipinski definition) is 3. The number of allylic oxidation sites excluding steroid dienone is 2. The summed E-state index contributed by atoms with van der Waals surface area (Å²) in [4.78, 5) is 0.569. The first kappa shape index (κ1) is 19.8. The van der Waals surface area contributed by atoms with E-state index in [9.17, 15) is 12.6 Å². The van der Waals surface area contributed by atoms with Crippen LogP contribution in [-0.2, 0) is 19.8 Å². The van der Waals surface area contributed by atoms with Crippen LogP contribution in [0.25, 0.3) is 0 Å². The zero-order chi connectivity index (χ0) is 19.7. The van der Waals surface area contributed by atoms with E-state index in [-0.39, 0.29) is 10.1 Å². The Bertz CT molecular complexity index is 1070. The lowest BCUT2D eigenvalue weighted by Gasteiger charge is -2.25. The minimum atomic E-state index is -4.03. The molecule has 0 heterocycles. The third kappa shape index (κ3) is 4.33. The van der Waals surface area contributed by atoms with E-state index in [1.807, 2.05) is 32.9 Å². The van der Waals surface area contributed by atoms with E-state index < -0.39 is 19.8 Å². The Labute approximate surface area is 162 Å². The van der Waals surface area contributed by atoms with Crippen LogP contribution < -0.4 is 0 Å². The van der Waals surface area contributed by atoms with Crippen molar-refractivity contribution in [3.05, 3.63) is 71.3 Å². The van der Waals surface area contributed by atoms with Crippen LogP contribution in [-0.4, -0.2) is 17.9 Å². The second kappa shape index (κ2) is 7.60. The summed E-state index contributed by atoms with van der Waals surface area (Å²) in [5, 5.41) is -0.314. The van der Waals surface area contributed by atoms with Gasteiger partial charge in [0, 0.05) is 4.90 Å². The van der Waals surface area contributed by atoms with Gasteiger partial charge in [-0.05, 0) is 64.3 Å². The highest BCUT2D eigenvalue weighted by atomic mass is 32.3. The second-order valence-electron chi connectivity index (χ2n) is 7.20. The van der Waals surface area contributed by atoms with E-state index in [1.54, 1.807) is 24.3 Å². The summed E-state index contributed by atoms with van der Waals surface area (Å²) in [6.07, 6.45) is 4.18. The molecule has 3 rings (SSSR count).